The average molecular weight is 333 g/mol. The maximum Gasteiger partial charge on any atom is 0.200 e. The van der Waals surface area contributed by atoms with Crippen LogP contribution in [-0.4, -0.2) is 0 Å². The Bertz CT molecular complexity index is 727. The molecule has 0 nitrogen and oxygen atoms in total. The Morgan fingerprint density at radius 1 is 0.571 bits per heavy atom. The first-order chi connectivity index (χ1) is 9.68. The van der Waals surface area contributed by atoms with Crippen LogP contribution in [0.4, 0.5) is 35.1 Å². The highest BCUT2D eigenvalue weighted by Crippen LogP contribution is 2.36. The van der Waals surface area contributed by atoms with E-state index in [0.29, 0.717) is 0 Å². The molecule has 0 radical (unpaired) electrons. The lowest BCUT2D eigenvalue weighted by Gasteiger charge is -2.10. The monoisotopic (exact) mass is 332 g/mol. The zero-order valence-corrected chi connectivity index (χ0v) is 10.2. The molecule has 0 unspecified atom stereocenters. The minimum atomic E-state index is -2.48. The van der Waals surface area contributed by atoms with Crippen molar-refractivity contribution in [2.45, 2.75) is 0 Å². The van der Waals surface area contributed by atoms with Gasteiger partial charge in [-0.15, -0.1) is 0 Å². The van der Waals surface area contributed by atoms with E-state index in [1.807, 2.05) is 0 Å². The van der Waals surface area contributed by atoms with E-state index >= 15 is 0 Å². The predicted molar refractivity (Wildman–Crippen MR) is 56.6 cm³/mol. The van der Waals surface area contributed by atoms with Gasteiger partial charge in [-0.3, -0.25) is 0 Å². The van der Waals surface area contributed by atoms with Gasteiger partial charge in [-0.25, -0.2) is 35.1 Å². The molecule has 2 aromatic carbocycles. The van der Waals surface area contributed by atoms with Crippen LogP contribution in [0.1, 0.15) is 0 Å². The fourth-order valence-electron chi connectivity index (χ4n) is 1.60. The van der Waals surface area contributed by atoms with Crippen LogP contribution in [0.5, 0.6) is 0 Å². The Kier molecular flexibility index (Phi) is 3.83. The van der Waals surface area contributed by atoms with Crippen LogP contribution >= 0.6 is 11.6 Å². The summed E-state index contributed by atoms with van der Waals surface area (Å²) in [6, 6.07) is 0.0268. The highest BCUT2D eigenvalue weighted by atomic mass is 35.5. The van der Waals surface area contributed by atoms with Crippen molar-refractivity contribution in [3.63, 3.8) is 0 Å². The largest absolute Gasteiger partial charge is 0.205 e. The number of hydrogen-bond acceptors (Lipinski definition) is 0. The first-order valence-corrected chi connectivity index (χ1v) is 5.41. The fraction of sp³-hybridized carbons (Fsp3) is 0. The first-order valence-electron chi connectivity index (χ1n) is 5.03. The Morgan fingerprint density at radius 3 is 1.48 bits per heavy atom. The fourth-order valence-corrected chi connectivity index (χ4v) is 1.73. The molecule has 0 saturated heterocycles. The molecular weight excluding hydrogens is 332 g/mol. The van der Waals surface area contributed by atoms with Gasteiger partial charge in [-0.05, 0) is 6.07 Å². The van der Waals surface area contributed by atoms with Crippen molar-refractivity contribution in [1.29, 1.82) is 0 Å². The molecule has 0 bridgehead atoms. The molecule has 2 aromatic rings. The van der Waals surface area contributed by atoms with Crippen LogP contribution < -0.4 is 0 Å². The van der Waals surface area contributed by atoms with Crippen LogP contribution in [0.15, 0.2) is 6.07 Å². The second-order valence-electron chi connectivity index (χ2n) is 3.79. The van der Waals surface area contributed by atoms with E-state index in [-0.39, 0.29) is 6.07 Å². The molecule has 0 heterocycles. The summed E-state index contributed by atoms with van der Waals surface area (Å²) in [5.41, 5.74) is -3.28. The molecule has 9 heteroatoms. The van der Waals surface area contributed by atoms with Crippen molar-refractivity contribution in [2.75, 3.05) is 0 Å². The average Bonchev–Trinajstić information content (AvgIpc) is 2.46. The van der Waals surface area contributed by atoms with E-state index in [9.17, 15) is 35.1 Å². The van der Waals surface area contributed by atoms with Crippen LogP contribution in [0.3, 0.4) is 0 Å². The molecule has 0 aromatic heterocycles. The molecule has 2 rings (SSSR count). The Balaban J connectivity index is 2.93. The molecular formula is C12HClF8. The van der Waals surface area contributed by atoms with E-state index in [2.05, 4.69) is 0 Å². The van der Waals surface area contributed by atoms with Crippen molar-refractivity contribution < 1.29 is 35.1 Å². The molecule has 0 atom stereocenters. The van der Waals surface area contributed by atoms with Crippen molar-refractivity contribution in [2.24, 2.45) is 0 Å². The summed E-state index contributed by atoms with van der Waals surface area (Å²) in [6.45, 7) is 0. The second-order valence-corrected chi connectivity index (χ2v) is 4.17. The third-order valence-electron chi connectivity index (χ3n) is 2.58. The lowest BCUT2D eigenvalue weighted by molar-refractivity contribution is 0.380. The quantitative estimate of drug-likeness (QED) is 0.386. The number of benzene rings is 2. The van der Waals surface area contributed by atoms with Gasteiger partial charge in [0.2, 0.25) is 5.82 Å². The predicted octanol–water partition coefficient (Wildman–Crippen LogP) is 5.12. The number of halogens is 9. The van der Waals surface area contributed by atoms with Crippen molar-refractivity contribution in [3.8, 4) is 11.1 Å². The maximum absolute atomic E-state index is 13.6. The zero-order valence-electron chi connectivity index (χ0n) is 9.48. The smallest absolute Gasteiger partial charge is 0.200 e. The van der Waals surface area contributed by atoms with Gasteiger partial charge < -0.3 is 0 Å². The molecule has 0 aliphatic rings. The number of rotatable bonds is 1. The Labute approximate surface area is 116 Å². The van der Waals surface area contributed by atoms with Gasteiger partial charge in [-0.1, -0.05) is 11.6 Å². The first kappa shape index (κ1) is 15.6. The molecule has 0 aliphatic heterocycles. The molecule has 21 heavy (non-hydrogen) atoms. The normalized spacial score (nSPS) is 11.1. The van der Waals surface area contributed by atoms with Crippen LogP contribution in [0.2, 0.25) is 5.02 Å². The van der Waals surface area contributed by atoms with Crippen molar-refractivity contribution >= 4 is 11.6 Å². The van der Waals surface area contributed by atoms with Gasteiger partial charge >= 0.3 is 0 Å². The van der Waals surface area contributed by atoms with Gasteiger partial charge in [0.25, 0.3) is 0 Å². The van der Waals surface area contributed by atoms with Gasteiger partial charge in [0, 0.05) is 5.56 Å². The van der Waals surface area contributed by atoms with Gasteiger partial charge in [-0.2, -0.15) is 0 Å². The summed E-state index contributed by atoms with van der Waals surface area (Å²) >= 11 is 5.02. The highest BCUT2D eigenvalue weighted by Gasteiger charge is 2.30. The van der Waals surface area contributed by atoms with E-state index < -0.39 is 62.7 Å². The van der Waals surface area contributed by atoms with Gasteiger partial charge in [0.15, 0.2) is 34.9 Å². The molecule has 0 N–H and O–H groups in total. The summed E-state index contributed by atoms with van der Waals surface area (Å²) in [5, 5.41) is -1.32. The van der Waals surface area contributed by atoms with E-state index in [0.717, 1.165) is 0 Å². The third-order valence-corrected chi connectivity index (χ3v) is 2.93. The summed E-state index contributed by atoms with van der Waals surface area (Å²) < 4.78 is 106. The highest BCUT2D eigenvalue weighted by molar-refractivity contribution is 6.31. The molecule has 0 aliphatic carbocycles. The summed E-state index contributed by atoms with van der Waals surface area (Å²) in [7, 11) is 0. The zero-order chi connectivity index (χ0) is 16.1. The molecule has 0 fully saturated rings. The van der Waals surface area contributed by atoms with E-state index in [1.165, 1.54) is 0 Å². The molecule has 112 valence electrons. The van der Waals surface area contributed by atoms with Crippen molar-refractivity contribution in [3.05, 3.63) is 57.6 Å². The SMILES string of the molecule is Fc1cc(-c2c(F)c(F)c(F)c(F)c2F)c(F)c(F)c1Cl. The minimum absolute atomic E-state index is 0.0268. The topological polar surface area (TPSA) is 0 Å². The molecule has 0 spiro atoms. The molecule has 0 amide bonds. The minimum Gasteiger partial charge on any atom is -0.205 e. The molecule has 0 saturated carbocycles. The Morgan fingerprint density at radius 2 is 1.00 bits per heavy atom. The standard InChI is InChI=1S/C12HClF8/c13-5-3(14)1-2(6(15)9(5)18)4-7(16)10(19)12(21)11(20)8(4)17/h1H. The van der Waals surface area contributed by atoms with Crippen LogP contribution in [0, 0.1) is 46.5 Å². The lowest BCUT2D eigenvalue weighted by Crippen LogP contribution is -2.06. The van der Waals surface area contributed by atoms with E-state index in [4.69, 9.17) is 11.6 Å². The maximum atomic E-state index is 13.6. The second kappa shape index (κ2) is 5.18. The number of hydrogen-bond donors (Lipinski definition) is 0. The third kappa shape index (κ3) is 2.23. The van der Waals surface area contributed by atoms with Crippen LogP contribution in [-0.2, 0) is 0 Å². The van der Waals surface area contributed by atoms with Gasteiger partial charge in [0.1, 0.15) is 10.8 Å². The van der Waals surface area contributed by atoms with Crippen molar-refractivity contribution in [1.82, 2.24) is 0 Å². The lowest BCUT2D eigenvalue weighted by atomic mass is 10.0. The van der Waals surface area contributed by atoms with Gasteiger partial charge in [0.05, 0.1) is 5.56 Å². The van der Waals surface area contributed by atoms with E-state index in [1.54, 1.807) is 0 Å². The summed E-state index contributed by atoms with van der Waals surface area (Å²) in [5.74, 6) is -17.8. The summed E-state index contributed by atoms with van der Waals surface area (Å²) in [6.07, 6.45) is 0. The summed E-state index contributed by atoms with van der Waals surface area (Å²) in [4.78, 5) is 0. The van der Waals surface area contributed by atoms with Crippen LogP contribution in [0.25, 0.3) is 11.1 Å². The Hall–Kier alpha value is -1.83.